The molecule has 3 aromatic rings. The summed E-state index contributed by atoms with van der Waals surface area (Å²) < 4.78 is 6.97. The molecule has 140 valence electrons. The molecule has 1 unspecified atom stereocenters. The first-order valence-electron chi connectivity index (χ1n) is 9.06. The number of anilines is 1. The summed E-state index contributed by atoms with van der Waals surface area (Å²) in [5, 5.41) is 8.21. The van der Waals surface area contributed by atoms with Crippen LogP contribution in [0, 0.1) is 0 Å². The molecule has 1 saturated carbocycles. The number of hydrogen-bond acceptors (Lipinski definition) is 6. The number of carbonyl (C=O) groups excluding carboxylic acids is 2. The van der Waals surface area contributed by atoms with Gasteiger partial charge in [-0.15, -0.1) is 10.2 Å². The molecule has 2 aromatic heterocycles. The molecule has 2 aliphatic rings. The van der Waals surface area contributed by atoms with E-state index in [0.717, 1.165) is 12.8 Å². The molecule has 8 heteroatoms. The van der Waals surface area contributed by atoms with E-state index in [1.54, 1.807) is 42.7 Å². The summed E-state index contributed by atoms with van der Waals surface area (Å²) in [6.45, 7) is 0. The third kappa shape index (κ3) is 2.49. The molecule has 5 rings (SSSR count). The van der Waals surface area contributed by atoms with Gasteiger partial charge < -0.3 is 9.30 Å². The molecule has 0 spiro atoms. The van der Waals surface area contributed by atoms with E-state index < -0.39 is 12.0 Å². The highest BCUT2D eigenvalue weighted by atomic mass is 16.5. The minimum atomic E-state index is -0.863. The maximum atomic E-state index is 13.1. The Morgan fingerprint density at radius 3 is 2.75 bits per heavy atom. The van der Waals surface area contributed by atoms with Gasteiger partial charge in [-0.3, -0.25) is 9.69 Å². The summed E-state index contributed by atoms with van der Waals surface area (Å²) in [4.78, 5) is 31.6. The zero-order valence-corrected chi connectivity index (χ0v) is 15.1. The second kappa shape index (κ2) is 6.26. The van der Waals surface area contributed by atoms with Crippen molar-refractivity contribution in [2.75, 3.05) is 12.0 Å². The number of methoxy groups -OCH3 is 1. The average molecular weight is 375 g/mol. The van der Waals surface area contributed by atoms with Crippen molar-refractivity contribution in [3.63, 3.8) is 0 Å². The highest BCUT2D eigenvalue weighted by molar-refractivity contribution is 6.14. The lowest BCUT2D eigenvalue weighted by molar-refractivity contribution is -0.142. The number of benzene rings is 1. The third-order valence-electron chi connectivity index (χ3n) is 5.11. The lowest BCUT2D eigenvalue weighted by Gasteiger charge is -2.22. The van der Waals surface area contributed by atoms with Crippen molar-refractivity contribution < 1.29 is 14.3 Å². The Hall–Kier alpha value is -3.55. The molecule has 0 saturated heterocycles. The van der Waals surface area contributed by atoms with Crippen molar-refractivity contribution in [1.82, 2.24) is 19.7 Å². The number of esters is 1. The second-order valence-corrected chi connectivity index (χ2v) is 6.86. The minimum absolute atomic E-state index is 0.278. The molecular weight excluding hydrogens is 358 g/mol. The highest BCUT2D eigenvalue weighted by Crippen LogP contribution is 2.39. The fraction of sp³-hybridized carbons (Fsp3) is 0.250. The SMILES string of the molecule is COC(=O)C1c2ccccc2C(=O)N1c1cccc(-c2nncn2C2CC2)n1. The van der Waals surface area contributed by atoms with E-state index >= 15 is 0 Å². The van der Waals surface area contributed by atoms with Gasteiger partial charge in [0.05, 0.1) is 7.11 Å². The van der Waals surface area contributed by atoms with Gasteiger partial charge in [-0.25, -0.2) is 9.78 Å². The van der Waals surface area contributed by atoms with Crippen molar-refractivity contribution in [2.45, 2.75) is 24.9 Å². The van der Waals surface area contributed by atoms with E-state index in [1.807, 2.05) is 10.6 Å². The van der Waals surface area contributed by atoms with Crippen LogP contribution < -0.4 is 4.90 Å². The van der Waals surface area contributed by atoms with Crippen LogP contribution in [0.2, 0.25) is 0 Å². The zero-order valence-electron chi connectivity index (χ0n) is 15.1. The number of ether oxygens (including phenoxy) is 1. The number of aromatic nitrogens is 4. The molecule has 8 nitrogen and oxygen atoms in total. The predicted molar refractivity (Wildman–Crippen MR) is 99.5 cm³/mol. The molecule has 1 amide bonds. The smallest absolute Gasteiger partial charge is 0.333 e. The Balaban J connectivity index is 1.60. The Morgan fingerprint density at radius 2 is 1.96 bits per heavy atom. The molecule has 3 heterocycles. The molecule has 0 radical (unpaired) electrons. The largest absolute Gasteiger partial charge is 0.467 e. The number of carbonyl (C=O) groups is 2. The van der Waals surface area contributed by atoms with Gasteiger partial charge in [-0.05, 0) is 36.6 Å². The van der Waals surface area contributed by atoms with E-state index in [2.05, 4.69) is 15.2 Å². The Kier molecular flexibility index (Phi) is 3.71. The number of amides is 1. The topological polar surface area (TPSA) is 90.2 Å². The van der Waals surface area contributed by atoms with Crippen LogP contribution in [0.5, 0.6) is 0 Å². The zero-order chi connectivity index (χ0) is 19.3. The van der Waals surface area contributed by atoms with Gasteiger partial charge in [0, 0.05) is 11.6 Å². The fourth-order valence-electron chi connectivity index (χ4n) is 3.62. The molecule has 1 aliphatic heterocycles. The Labute approximate surface area is 160 Å². The quantitative estimate of drug-likeness (QED) is 0.651. The lowest BCUT2D eigenvalue weighted by Crippen LogP contribution is -2.34. The number of nitrogens with zero attached hydrogens (tertiary/aromatic N) is 5. The number of pyridine rings is 1. The molecule has 0 N–H and O–H groups in total. The predicted octanol–water partition coefficient (Wildman–Crippen LogP) is 2.55. The van der Waals surface area contributed by atoms with Gasteiger partial charge in [0.1, 0.15) is 17.8 Å². The molecule has 1 aromatic carbocycles. The van der Waals surface area contributed by atoms with Crippen LogP contribution in [-0.4, -0.2) is 38.7 Å². The van der Waals surface area contributed by atoms with Crippen LogP contribution in [0.25, 0.3) is 11.5 Å². The highest BCUT2D eigenvalue weighted by Gasteiger charge is 2.43. The lowest BCUT2D eigenvalue weighted by atomic mass is 10.1. The maximum absolute atomic E-state index is 13.1. The molecule has 1 fully saturated rings. The van der Waals surface area contributed by atoms with Crippen LogP contribution in [-0.2, 0) is 9.53 Å². The van der Waals surface area contributed by atoms with Crippen LogP contribution in [0.3, 0.4) is 0 Å². The number of hydrogen-bond donors (Lipinski definition) is 0. The first-order chi connectivity index (χ1) is 13.7. The van der Waals surface area contributed by atoms with Crippen LogP contribution >= 0.6 is 0 Å². The molecule has 1 atom stereocenters. The molecular formula is C20H17N5O3. The van der Waals surface area contributed by atoms with Crippen molar-refractivity contribution in [2.24, 2.45) is 0 Å². The van der Waals surface area contributed by atoms with E-state index in [-0.39, 0.29) is 5.91 Å². The van der Waals surface area contributed by atoms with Crippen LogP contribution in [0.15, 0.2) is 48.8 Å². The Morgan fingerprint density at radius 1 is 1.14 bits per heavy atom. The van der Waals surface area contributed by atoms with Gasteiger partial charge in [0.2, 0.25) is 0 Å². The van der Waals surface area contributed by atoms with Gasteiger partial charge in [-0.1, -0.05) is 24.3 Å². The summed E-state index contributed by atoms with van der Waals surface area (Å²) in [5.74, 6) is 0.244. The summed E-state index contributed by atoms with van der Waals surface area (Å²) in [6.07, 6.45) is 3.89. The van der Waals surface area contributed by atoms with Gasteiger partial charge >= 0.3 is 5.97 Å². The molecule has 28 heavy (non-hydrogen) atoms. The third-order valence-corrected chi connectivity index (χ3v) is 5.11. The summed E-state index contributed by atoms with van der Waals surface area (Å²) in [5.41, 5.74) is 1.70. The molecule has 0 bridgehead atoms. The maximum Gasteiger partial charge on any atom is 0.333 e. The van der Waals surface area contributed by atoms with E-state index in [0.29, 0.717) is 34.5 Å². The molecule has 1 aliphatic carbocycles. The van der Waals surface area contributed by atoms with Gasteiger partial charge in [0.15, 0.2) is 11.9 Å². The van der Waals surface area contributed by atoms with Crippen molar-refractivity contribution >= 4 is 17.7 Å². The minimum Gasteiger partial charge on any atom is -0.467 e. The second-order valence-electron chi connectivity index (χ2n) is 6.86. The number of rotatable bonds is 4. The van der Waals surface area contributed by atoms with Crippen molar-refractivity contribution in [3.05, 3.63) is 59.9 Å². The fourth-order valence-corrected chi connectivity index (χ4v) is 3.62. The first kappa shape index (κ1) is 16.6. The number of fused-ring (bicyclic) bond motifs is 1. The Bertz CT molecular complexity index is 1090. The monoisotopic (exact) mass is 375 g/mol. The summed E-state index contributed by atoms with van der Waals surface area (Å²) in [7, 11) is 1.31. The van der Waals surface area contributed by atoms with Crippen molar-refractivity contribution in [3.8, 4) is 11.5 Å². The van der Waals surface area contributed by atoms with E-state index in [9.17, 15) is 9.59 Å². The van der Waals surface area contributed by atoms with Crippen LogP contribution in [0.4, 0.5) is 5.82 Å². The normalized spacial score (nSPS) is 18.2. The summed E-state index contributed by atoms with van der Waals surface area (Å²) >= 11 is 0. The van der Waals surface area contributed by atoms with E-state index in [4.69, 9.17) is 4.74 Å². The van der Waals surface area contributed by atoms with E-state index in [1.165, 1.54) is 12.0 Å². The standard InChI is InChI=1S/C20H17N5O3/c1-28-20(27)17-13-5-2-3-6-14(13)19(26)25(17)16-8-4-7-15(22-16)18-23-21-11-24(18)12-9-10-12/h2-8,11-12,17H,9-10H2,1H3. The first-order valence-corrected chi connectivity index (χ1v) is 9.06. The van der Waals surface area contributed by atoms with Crippen LogP contribution in [0.1, 0.15) is 40.8 Å². The van der Waals surface area contributed by atoms with Gasteiger partial charge in [-0.2, -0.15) is 0 Å². The summed E-state index contributed by atoms with van der Waals surface area (Å²) in [6, 6.07) is 11.9. The van der Waals surface area contributed by atoms with Crippen molar-refractivity contribution in [1.29, 1.82) is 0 Å². The van der Waals surface area contributed by atoms with Gasteiger partial charge in [0.25, 0.3) is 5.91 Å². The average Bonchev–Trinajstić information content (AvgIpc) is 3.38.